The van der Waals surface area contributed by atoms with E-state index in [-0.39, 0.29) is 0 Å². The first-order valence-electron chi connectivity index (χ1n) is 7.65. The molecule has 0 aliphatic carbocycles. The van der Waals surface area contributed by atoms with Gasteiger partial charge in [0.15, 0.2) is 5.65 Å². The van der Waals surface area contributed by atoms with Crippen LogP contribution in [-0.4, -0.2) is 19.6 Å². The van der Waals surface area contributed by atoms with E-state index in [1.165, 1.54) is 4.70 Å². The maximum atomic E-state index is 4.75. The van der Waals surface area contributed by atoms with E-state index >= 15 is 0 Å². The standard InChI is InChI=1S/C19H12N4S/c1-2-6-13(7-3-1)15-12-18-20-11-10-16(23(18)22-15)19-21-14-8-4-5-9-17(14)24-19/h1-12H. The zero-order valence-electron chi connectivity index (χ0n) is 12.6. The van der Waals surface area contributed by atoms with Gasteiger partial charge in [0.25, 0.3) is 0 Å². The van der Waals surface area contributed by atoms with E-state index in [1.54, 1.807) is 11.3 Å². The number of para-hydroxylation sites is 1. The molecule has 114 valence electrons. The monoisotopic (exact) mass is 328 g/mol. The Balaban J connectivity index is 1.72. The molecule has 5 heteroatoms. The van der Waals surface area contributed by atoms with Crippen molar-refractivity contribution in [3.05, 3.63) is 72.9 Å². The molecule has 5 rings (SSSR count). The normalized spacial score (nSPS) is 11.3. The second-order valence-corrected chi connectivity index (χ2v) is 6.51. The molecule has 0 atom stereocenters. The fourth-order valence-corrected chi connectivity index (χ4v) is 3.77. The number of benzene rings is 2. The van der Waals surface area contributed by atoms with Crippen LogP contribution in [0.3, 0.4) is 0 Å². The highest BCUT2D eigenvalue weighted by Crippen LogP contribution is 2.30. The summed E-state index contributed by atoms with van der Waals surface area (Å²) in [5.74, 6) is 0. The van der Waals surface area contributed by atoms with Crippen LogP contribution < -0.4 is 0 Å². The Morgan fingerprint density at radius 1 is 0.875 bits per heavy atom. The SMILES string of the molecule is c1ccc(-c2cc3nccc(-c4nc5ccccc5s4)n3n2)cc1. The fraction of sp³-hybridized carbons (Fsp3) is 0. The summed E-state index contributed by atoms with van der Waals surface area (Å²) >= 11 is 1.67. The van der Waals surface area contributed by atoms with Gasteiger partial charge >= 0.3 is 0 Å². The molecule has 5 aromatic rings. The third kappa shape index (κ3) is 2.10. The predicted octanol–water partition coefficient (Wildman–Crippen LogP) is 4.67. The van der Waals surface area contributed by atoms with Gasteiger partial charge in [-0.05, 0) is 18.2 Å². The van der Waals surface area contributed by atoms with Gasteiger partial charge in [-0.3, -0.25) is 0 Å². The topological polar surface area (TPSA) is 43.1 Å². The smallest absolute Gasteiger partial charge is 0.156 e. The van der Waals surface area contributed by atoms with Gasteiger partial charge in [-0.25, -0.2) is 14.5 Å². The number of fused-ring (bicyclic) bond motifs is 2. The van der Waals surface area contributed by atoms with Crippen LogP contribution in [-0.2, 0) is 0 Å². The summed E-state index contributed by atoms with van der Waals surface area (Å²) in [4.78, 5) is 9.19. The van der Waals surface area contributed by atoms with Crippen molar-refractivity contribution >= 4 is 27.2 Å². The zero-order chi connectivity index (χ0) is 15.9. The highest BCUT2D eigenvalue weighted by atomic mass is 32.1. The number of hydrogen-bond acceptors (Lipinski definition) is 4. The van der Waals surface area contributed by atoms with E-state index in [4.69, 9.17) is 10.1 Å². The predicted molar refractivity (Wildman–Crippen MR) is 97.0 cm³/mol. The molecule has 0 fully saturated rings. The van der Waals surface area contributed by atoms with Crippen LogP contribution in [0, 0.1) is 0 Å². The molecule has 0 saturated carbocycles. The Morgan fingerprint density at radius 3 is 2.58 bits per heavy atom. The van der Waals surface area contributed by atoms with Crippen molar-refractivity contribution in [2.45, 2.75) is 0 Å². The van der Waals surface area contributed by atoms with Gasteiger partial charge in [0.1, 0.15) is 10.7 Å². The largest absolute Gasteiger partial charge is 0.237 e. The minimum atomic E-state index is 0.825. The Bertz CT molecular complexity index is 1120. The minimum Gasteiger partial charge on any atom is -0.237 e. The summed E-state index contributed by atoms with van der Waals surface area (Å²) in [6.07, 6.45) is 1.81. The third-order valence-electron chi connectivity index (χ3n) is 3.94. The number of rotatable bonds is 2. The first kappa shape index (κ1) is 13.4. The second-order valence-electron chi connectivity index (χ2n) is 5.48. The number of aromatic nitrogens is 4. The Morgan fingerprint density at radius 2 is 1.71 bits per heavy atom. The highest BCUT2D eigenvalue weighted by molar-refractivity contribution is 7.21. The van der Waals surface area contributed by atoms with E-state index < -0.39 is 0 Å². The van der Waals surface area contributed by atoms with Gasteiger partial charge in [-0.15, -0.1) is 11.3 Å². The third-order valence-corrected chi connectivity index (χ3v) is 5.00. The molecule has 24 heavy (non-hydrogen) atoms. The van der Waals surface area contributed by atoms with Crippen LogP contribution in [0.15, 0.2) is 72.9 Å². The van der Waals surface area contributed by atoms with Gasteiger partial charge in [0.05, 0.1) is 15.9 Å². The van der Waals surface area contributed by atoms with E-state index in [9.17, 15) is 0 Å². The van der Waals surface area contributed by atoms with Gasteiger partial charge in [0, 0.05) is 17.8 Å². The van der Waals surface area contributed by atoms with E-state index in [2.05, 4.69) is 23.2 Å². The Labute approximate surface area is 142 Å². The van der Waals surface area contributed by atoms with Crippen LogP contribution in [0.2, 0.25) is 0 Å². The van der Waals surface area contributed by atoms with Crippen molar-refractivity contribution in [2.75, 3.05) is 0 Å². The summed E-state index contributed by atoms with van der Waals surface area (Å²) in [5, 5.41) is 5.70. The molecular weight excluding hydrogens is 316 g/mol. The lowest BCUT2D eigenvalue weighted by molar-refractivity contribution is 0.950. The van der Waals surface area contributed by atoms with Crippen LogP contribution >= 0.6 is 11.3 Å². The summed E-state index contributed by atoms with van der Waals surface area (Å²) in [6, 6.07) is 22.3. The number of nitrogens with zero attached hydrogens (tertiary/aromatic N) is 4. The van der Waals surface area contributed by atoms with Crippen molar-refractivity contribution in [3.8, 4) is 22.0 Å². The molecule has 0 aliphatic rings. The van der Waals surface area contributed by atoms with Crippen molar-refractivity contribution in [1.82, 2.24) is 19.6 Å². The summed E-state index contributed by atoms with van der Waals surface area (Å²) in [5.41, 5.74) is 4.79. The maximum absolute atomic E-state index is 4.75. The Hall–Kier alpha value is -3.05. The fourth-order valence-electron chi connectivity index (χ4n) is 2.79. The van der Waals surface area contributed by atoms with Crippen molar-refractivity contribution in [2.24, 2.45) is 0 Å². The van der Waals surface area contributed by atoms with Crippen LogP contribution in [0.4, 0.5) is 0 Å². The molecule has 0 saturated heterocycles. The zero-order valence-corrected chi connectivity index (χ0v) is 13.4. The molecule has 4 nitrogen and oxygen atoms in total. The molecule has 0 unspecified atom stereocenters. The molecule has 0 aliphatic heterocycles. The molecule has 3 heterocycles. The first-order chi connectivity index (χ1) is 11.9. The molecule has 0 radical (unpaired) electrons. The van der Waals surface area contributed by atoms with E-state index in [1.807, 2.05) is 59.2 Å². The average Bonchev–Trinajstić information content (AvgIpc) is 3.26. The summed E-state index contributed by atoms with van der Waals surface area (Å²) in [6.45, 7) is 0. The van der Waals surface area contributed by atoms with Crippen molar-refractivity contribution < 1.29 is 0 Å². The molecule has 3 aromatic heterocycles. The highest BCUT2D eigenvalue weighted by Gasteiger charge is 2.13. The van der Waals surface area contributed by atoms with E-state index in [0.29, 0.717) is 0 Å². The van der Waals surface area contributed by atoms with Gasteiger partial charge in [-0.2, -0.15) is 5.10 Å². The van der Waals surface area contributed by atoms with Gasteiger partial charge < -0.3 is 0 Å². The summed E-state index contributed by atoms with van der Waals surface area (Å²) in [7, 11) is 0. The molecule has 2 aromatic carbocycles. The number of hydrogen-bond donors (Lipinski definition) is 0. The van der Waals surface area contributed by atoms with Crippen molar-refractivity contribution in [1.29, 1.82) is 0 Å². The quantitative estimate of drug-likeness (QED) is 0.473. The lowest BCUT2D eigenvalue weighted by atomic mass is 10.2. The lowest BCUT2D eigenvalue weighted by Gasteiger charge is -1.99. The van der Waals surface area contributed by atoms with Crippen molar-refractivity contribution in [3.63, 3.8) is 0 Å². The molecule has 0 bridgehead atoms. The van der Waals surface area contributed by atoms with Crippen LogP contribution in [0.1, 0.15) is 0 Å². The number of thiazole rings is 1. The molecule has 0 amide bonds. The summed E-state index contributed by atoms with van der Waals surface area (Å²) < 4.78 is 3.05. The lowest BCUT2D eigenvalue weighted by Crippen LogP contribution is -1.95. The average molecular weight is 328 g/mol. The van der Waals surface area contributed by atoms with E-state index in [0.717, 1.165) is 33.1 Å². The maximum Gasteiger partial charge on any atom is 0.156 e. The second kappa shape index (κ2) is 5.25. The van der Waals surface area contributed by atoms with Gasteiger partial charge in [-0.1, -0.05) is 42.5 Å². The van der Waals surface area contributed by atoms with Crippen LogP contribution in [0.25, 0.3) is 37.8 Å². The van der Waals surface area contributed by atoms with Crippen LogP contribution in [0.5, 0.6) is 0 Å². The molecular formula is C19H12N4S. The minimum absolute atomic E-state index is 0.825. The Kier molecular flexibility index (Phi) is 2.93. The molecule has 0 spiro atoms. The first-order valence-corrected chi connectivity index (χ1v) is 8.46. The molecule has 0 N–H and O–H groups in total. The van der Waals surface area contributed by atoms with Gasteiger partial charge in [0.2, 0.25) is 0 Å².